The first-order valence-corrected chi connectivity index (χ1v) is 12.6. The minimum atomic E-state index is -0.292. The first-order chi connectivity index (χ1) is 15.3. The molecule has 0 amide bonds. The molecule has 0 unspecified atom stereocenters. The molecule has 0 aliphatic carbocycles. The van der Waals surface area contributed by atoms with E-state index in [0.29, 0.717) is 23.9 Å². The van der Waals surface area contributed by atoms with E-state index in [2.05, 4.69) is 13.8 Å². The molecule has 164 valence electrons. The highest BCUT2D eigenvalue weighted by molar-refractivity contribution is 7.98. The minimum absolute atomic E-state index is 0.0179. The summed E-state index contributed by atoms with van der Waals surface area (Å²) in [5, 5.41) is 2.12. The van der Waals surface area contributed by atoms with E-state index >= 15 is 0 Å². The fourth-order valence-electron chi connectivity index (χ4n) is 3.95. The quantitative estimate of drug-likeness (QED) is 0.244. The molecule has 2 aromatic carbocycles. The number of nitrogens with zero attached hydrogens (tertiary/aromatic N) is 2. The zero-order valence-electron chi connectivity index (χ0n) is 18.1. The van der Waals surface area contributed by atoms with Gasteiger partial charge in [0.2, 0.25) is 0 Å². The van der Waals surface area contributed by atoms with Crippen molar-refractivity contribution in [3.05, 3.63) is 85.5 Å². The first-order valence-electron chi connectivity index (χ1n) is 10.5. The second kappa shape index (κ2) is 8.34. The molecule has 0 saturated carbocycles. The smallest absolute Gasteiger partial charge is 0.267 e. The maximum absolute atomic E-state index is 13.9. The second-order valence-electron chi connectivity index (χ2n) is 8.66. The number of aryl methyl sites for hydroxylation is 1. The Morgan fingerprint density at radius 1 is 1.19 bits per heavy atom. The van der Waals surface area contributed by atoms with Crippen LogP contribution in [0.15, 0.2) is 58.5 Å². The molecule has 32 heavy (non-hydrogen) atoms. The summed E-state index contributed by atoms with van der Waals surface area (Å²) in [6.07, 6.45) is 0.708. The Kier molecular flexibility index (Phi) is 5.66. The van der Waals surface area contributed by atoms with E-state index in [9.17, 15) is 4.79 Å². The lowest BCUT2D eigenvalue weighted by Gasteiger charge is -2.29. The van der Waals surface area contributed by atoms with Crippen LogP contribution in [0.1, 0.15) is 35.4 Å². The van der Waals surface area contributed by atoms with Crippen LogP contribution in [-0.2, 0) is 23.5 Å². The van der Waals surface area contributed by atoms with Crippen LogP contribution in [0.2, 0.25) is 5.02 Å². The Labute approximate surface area is 200 Å². The van der Waals surface area contributed by atoms with E-state index in [-0.39, 0.29) is 11.2 Å². The fourth-order valence-corrected chi connectivity index (χ4v) is 6.39. The lowest BCUT2D eigenvalue weighted by Crippen LogP contribution is -2.32. The molecule has 0 fully saturated rings. The number of hydrogen-bond donors (Lipinski definition) is 0. The molecule has 1 aliphatic heterocycles. The van der Waals surface area contributed by atoms with Crippen LogP contribution in [0.5, 0.6) is 0 Å². The van der Waals surface area contributed by atoms with Gasteiger partial charge < -0.3 is 4.74 Å². The lowest BCUT2D eigenvalue weighted by atomic mass is 9.94. The van der Waals surface area contributed by atoms with Crippen LogP contribution < -0.4 is 5.56 Å². The topological polar surface area (TPSA) is 44.1 Å². The number of rotatable bonds is 4. The maximum atomic E-state index is 13.9. The van der Waals surface area contributed by atoms with Crippen molar-refractivity contribution >= 4 is 44.9 Å². The van der Waals surface area contributed by atoms with Crippen LogP contribution >= 0.6 is 34.7 Å². The molecule has 4 nitrogen and oxygen atoms in total. The minimum Gasteiger partial charge on any atom is -0.370 e. The Morgan fingerprint density at radius 3 is 2.69 bits per heavy atom. The Bertz CT molecular complexity index is 1370. The van der Waals surface area contributed by atoms with E-state index < -0.39 is 0 Å². The van der Waals surface area contributed by atoms with E-state index in [1.54, 1.807) is 15.9 Å². The molecule has 5 rings (SSSR count). The molecule has 4 aromatic rings. The van der Waals surface area contributed by atoms with Crippen molar-refractivity contribution < 1.29 is 4.74 Å². The van der Waals surface area contributed by atoms with Gasteiger partial charge in [-0.2, -0.15) is 0 Å². The zero-order chi connectivity index (χ0) is 22.5. The summed E-state index contributed by atoms with van der Waals surface area (Å²) in [7, 11) is 0. The fraction of sp³-hybridized carbons (Fsp3) is 0.280. The van der Waals surface area contributed by atoms with Gasteiger partial charge in [0.05, 0.1) is 23.3 Å². The van der Waals surface area contributed by atoms with Crippen molar-refractivity contribution in [1.82, 2.24) is 9.55 Å². The van der Waals surface area contributed by atoms with Crippen molar-refractivity contribution in [2.45, 2.75) is 50.3 Å². The summed E-state index contributed by atoms with van der Waals surface area (Å²) >= 11 is 9.47. The largest absolute Gasteiger partial charge is 0.370 e. The molecule has 0 spiro atoms. The third kappa shape index (κ3) is 4.01. The highest BCUT2D eigenvalue weighted by Gasteiger charge is 2.31. The van der Waals surface area contributed by atoms with Gasteiger partial charge in [0.1, 0.15) is 4.83 Å². The van der Waals surface area contributed by atoms with E-state index in [1.807, 2.05) is 55.5 Å². The van der Waals surface area contributed by atoms with Crippen LogP contribution in [0.4, 0.5) is 0 Å². The maximum Gasteiger partial charge on any atom is 0.267 e. The van der Waals surface area contributed by atoms with Gasteiger partial charge in [-0.25, -0.2) is 4.98 Å². The van der Waals surface area contributed by atoms with E-state index in [0.717, 1.165) is 42.5 Å². The van der Waals surface area contributed by atoms with Crippen molar-refractivity contribution in [3.8, 4) is 5.69 Å². The second-order valence-corrected chi connectivity index (χ2v) is 11.1. The third-order valence-electron chi connectivity index (χ3n) is 5.68. The van der Waals surface area contributed by atoms with Crippen LogP contribution in [0.3, 0.4) is 0 Å². The Balaban J connectivity index is 1.68. The monoisotopic (exact) mass is 482 g/mol. The van der Waals surface area contributed by atoms with Gasteiger partial charge in [-0.1, -0.05) is 59.3 Å². The SMILES string of the molecule is Cc1ccc(-n2c(SCc3ccccc3Cl)nc3sc4c(c3c2=O)CC(C)(C)OC4)cc1. The van der Waals surface area contributed by atoms with Crippen molar-refractivity contribution in [2.24, 2.45) is 0 Å². The van der Waals surface area contributed by atoms with Crippen LogP contribution in [-0.4, -0.2) is 15.2 Å². The molecule has 7 heteroatoms. The van der Waals surface area contributed by atoms with E-state index in [4.69, 9.17) is 21.3 Å². The summed E-state index contributed by atoms with van der Waals surface area (Å²) in [6.45, 7) is 6.70. The van der Waals surface area contributed by atoms with Crippen LogP contribution in [0, 0.1) is 6.92 Å². The molecule has 3 heterocycles. The molecule has 0 radical (unpaired) electrons. The number of ether oxygens (including phenoxy) is 1. The number of benzene rings is 2. The molecular formula is C25H23ClN2O2S2. The zero-order valence-corrected chi connectivity index (χ0v) is 20.5. The molecule has 1 aliphatic rings. The van der Waals surface area contributed by atoms with Gasteiger partial charge in [-0.05, 0) is 50.1 Å². The number of thiophene rings is 1. The average molecular weight is 483 g/mol. The molecular weight excluding hydrogens is 460 g/mol. The Hall–Kier alpha value is -2.12. The number of hydrogen-bond acceptors (Lipinski definition) is 5. The van der Waals surface area contributed by atoms with Gasteiger partial charge in [-0.15, -0.1) is 11.3 Å². The summed E-state index contributed by atoms with van der Waals surface area (Å²) in [4.78, 5) is 20.8. The number of halogens is 1. The molecule has 0 saturated heterocycles. The molecule has 0 atom stereocenters. The third-order valence-corrected chi connectivity index (χ3v) is 8.14. The highest BCUT2D eigenvalue weighted by Crippen LogP contribution is 2.38. The van der Waals surface area contributed by atoms with Crippen LogP contribution in [0.25, 0.3) is 15.9 Å². The predicted molar refractivity (Wildman–Crippen MR) is 134 cm³/mol. The van der Waals surface area contributed by atoms with Gasteiger partial charge in [0, 0.05) is 22.1 Å². The first kappa shape index (κ1) is 21.7. The number of thioether (sulfide) groups is 1. The number of fused-ring (bicyclic) bond motifs is 3. The average Bonchev–Trinajstić information content (AvgIpc) is 3.11. The molecule has 0 N–H and O–H groups in total. The summed E-state index contributed by atoms with van der Waals surface area (Å²) in [6, 6.07) is 15.8. The molecule has 0 bridgehead atoms. The summed E-state index contributed by atoms with van der Waals surface area (Å²) < 4.78 is 7.74. The number of aromatic nitrogens is 2. The molecule has 2 aromatic heterocycles. The van der Waals surface area contributed by atoms with Crippen molar-refractivity contribution in [3.63, 3.8) is 0 Å². The van der Waals surface area contributed by atoms with E-state index in [1.165, 1.54) is 11.8 Å². The van der Waals surface area contributed by atoms with Crippen molar-refractivity contribution in [1.29, 1.82) is 0 Å². The predicted octanol–water partition coefficient (Wildman–Crippen LogP) is 6.55. The highest BCUT2D eigenvalue weighted by atomic mass is 35.5. The van der Waals surface area contributed by atoms with Gasteiger partial charge in [0.25, 0.3) is 5.56 Å². The van der Waals surface area contributed by atoms with Gasteiger partial charge in [0.15, 0.2) is 5.16 Å². The standard InChI is InChI=1S/C25H23ClN2O2S2/c1-15-8-10-17(11-9-15)28-23(29)21-18-12-25(2,3)30-13-20(18)32-22(21)27-24(28)31-14-16-6-4-5-7-19(16)26/h4-11H,12-14H2,1-3H3. The summed E-state index contributed by atoms with van der Waals surface area (Å²) in [5.74, 6) is 0.630. The Morgan fingerprint density at radius 2 is 1.94 bits per heavy atom. The lowest BCUT2D eigenvalue weighted by molar-refractivity contribution is -0.0379. The van der Waals surface area contributed by atoms with Crippen molar-refractivity contribution in [2.75, 3.05) is 0 Å². The normalized spacial score (nSPS) is 15.1. The van der Waals surface area contributed by atoms with Gasteiger partial charge in [-0.3, -0.25) is 9.36 Å². The summed E-state index contributed by atoms with van der Waals surface area (Å²) in [5.41, 5.74) is 3.76. The van der Waals surface area contributed by atoms with Gasteiger partial charge >= 0.3 is 0 Å².